The van der Waals surface area contributed by atoms with Crippen LogP contribution >= 0.6 is 0 Å². The molecule has 1 aliphatic rings. The van der Waals surface area contributed by atoms with Crippen molar-refractivity contribution in [3.05, 3.63) is 34.9 Å². The first kappa shape index (κ1) is 15.5. The Morgan fingerprint density at radius 1 is 1.48 bits per heavy atom. The first-order valence-electron chi connectivity index (χ1n) is 7.06. The smallest absolute Gasteiger partial charge is 0.407 e. The van der Waals surface area contributed by atoms with Gasteiger partial charge in [-0.2, -0.15) is 0 Å². The highest BCUT2D eigenvalue weighted by molar-refractivity contribution is 5.78. The molecule has 0 radical (unpaired) electrons. The fourth-order valence-corrected chi connectivity index (χ4v) is 2.38. The lowest BCUT2D eigenvalue weighted by molar-refractivity contribution is 0.0287. The largest absolute Gasteiger partial charge is 0.444 e. The van der Waals surface area contributed by atoms with E-state index in [0.29, 0.717) is 25.1 Å². The number of benzene rings is 1. The molecular formula is C16H21NO4. The second kappa shape index (κ2) is 6.26. The third-order valence-corrected chi connectivity index (χ3v) is 3.22. The Morgan fingerprint density at radius 2 is 2.24 bits per heavy atom. The summed E-state index contributed by atoms with van der Waals surface area (Å²) >= 11 is 0. The van der Waals surface area contributed by atoms with Gasteiger partial charge in [0.1, 0.15) is 18.0 Å². The molecule has 21 heavy (non-hydrogen) atoms. The van der Waals surface area contributed by atoms with E-state index in [1.165, 1.54) is 0 Å². The van der Waals surface area contributed by atoms with Crippen LogP contribution in [0.25, 0.3) is 0 Å². The summed E-state index contributed by atoms with van der Waals surface area (Å²) in [7, 11) is 0. The third kappa shape index (κ3) is 4.04. The van der Waals surface area contributed by atoms with Gasteiger partial charge >= 0.3 is 6.09 Å². The topological polar surface area (TPSA) is 64.6 Å². The zero-order valence-corrected chi connectivity index (χ0v) is 12.6. The van der Waals surface area contributed by atoms with Crippen molar-refractivity contribution in [2.24, 2.45) is 0 Å². The summed E-state index contributed by atoms with van der Waals surface area (Å²) in [5, 5.41) is 2.71. The van der Waals surface area contributed by atoms with Gasteiger partial charge in [0, 0.05) is 5.56 Å². The number of aldehydes is 1. The lowest BCUT2D eigenvalue weighted by Gasteiger charge is -2.27. The zero-order chi connectivity index (χ0) is 15.5. The maximum absolute atomic E-state index is 11.7. The van der Waals surface area contributed by atoms with Gasteiger partial charge in [-0.25, -0.2) is 4.79 Å². The summed E-state index contributed by atoms with van der Waals surface area (Å²) in [5.74, 6) is 0. The van der Waals surface area contributed by atoms with Gasteiger partial charge in [0.2, 0.25) is 0 Å². The van der Waals surface area contributed by atoms with E-state index in [4.69, 9.17) is 9.47 Å². The highest BCUT2D eigenvalue weighted by atomic mass is 16.6. The highest BCUT2D eigenvalue weighted by Crippen LogP contribution is 2.28. The van der Waals surface area contributed by atoms with E-state index >= 15 is 0 Å². The van der Waals surface area contributed by atoms with Crippen LogP contribution < -0.4 is 5.32 Å². The third-order valence-electron chi connectivity index (χ3n) is 3.22. The van der Waals surface area contributed by atoms with Crippen molar-refractivity contribution in [1.82, 2.24) is 5.32 Å². The van der Waals surface area contributed by atoms with Crippen molar-refractivity contribution in [2.45, 2.75) is 38.9 Å². The predicted molar refractivity (Wildman–Crippen MR) is 78.5 cm³/mol. The summed E-state index contributed by atoms with van der Waals surface area (Å²) in [6.45, 7) is 6.31. The molecule has 5 nitrogen and oxygen atoms in total. The Hall–Kier alpha value is -1.88. The van der Waals surface area contributed by atoms with Crippen molar-refractivity contribution < 1.29 is 19.1 Å². The Morgan fingerprint density at radius 3 is 2.90 bits per heavy atom. The lowest BCUT2D eigenvalue weighted by Crippen LogP contribution is -2.36. The molecule has 1 amide bonds. The van der Waals surface area contributed by atoms with Gasteiger partial charge in [-0.1, -0.05) is 18.2 Å². The molecule has 0 aliphatic carbocycles. The summed E-state index contributed by atoms with van der Waals surface area (Å²) in [5.41, 5.74) is 2.13. The minimum atomic E-state index is -0.528. The average Bonchev–Trinajstić information content (AvgIpc) is 2.42. The number of rotatable bonds is 3. The van der Waals surface area contributed by atoms with Gasteiger partial charge in [-0.05, 0) is 38.3 Å². The highest BCUT2D eigenvalue weighted by Gasteiger charge is 2.24. The molecule has 0 saturated carbocycles. The van der Waals surface area contributed by atoms with Crippen molar-refractivity contribution in [3.8, 4) is 0 Å². The van der Waals surface area contributed by atoms with Gasteiger partial charge in [0.15, 0.2) is 0 Å². The Labute approximate surface area is 124 Å². The number of amides is 1. The second-order valence-electron chi connectivity index (χ2n) is 6.03. The van der Waals surface area contributed by atoms with Crippen LogP contribution in [-0.2, 0) is 15.9 Å². The summed E-state index contributed by atoms with van der Waals surface area (Å²) in [6.07, 6.45) is 0.862. The van der Waals surface area contributed by atoms with E-state index in [1.54, 1.807) is 6.07 Å². The molecule has 1 aromatic carbocycles. The van der Waals surface area contributed by atoms with Crippen LogP contribution in [-0.4, -0.2) is 31.1 Å². The molecule has 114 valence electrons. The van der Waals surface area contributed by atoms with Gasteiger partial charge in [0.25, 0.3) is 0 Å². The second-order valence-corrected chi connectivity index (χ2v) is 6.03. The van der Waals surface area contributed by atoms with Crippen molar-refractivity contribution in [1.29, 1.82) is 0 Å². The van der Waals surface area contributed by atoms with Crippen LogP contribution in [0.1, 0.15) is 48.4 Å². The molecule has 1 heterocycles. The summed E-state index contributed by atoms with van der Waals surface area (Å²) < 4.78 is 10.9. The molecule has 1 atom stereocenters. The van der Waals surface area contributed by atoms with E-state index in [1.807, 2.05) is 32.9 Å². The van der Waals surface area contributed by atoms with E-state index < -0.39 is 11.7 Å². The molecule has 1 aliphatic heterocycles. The van der Waals surface area contributed by atoms with E-state index in [9.17, 15) is 9.59 Å². The summed E-state index contributed by atoms with van der Waals surface area (Å²) in [6, 6.07) is 5.57. The molecule has 0 spiro atoms. The number of carbonyl (C=O) groups is 2. The number of fused-ring (bicyclic) bond motifs is 1. The Balaban J connectivity index is 2.04. The van der Waals surface area contributed by atoms with Crippen molar-refractivity contribution in [3.63, 3.8) is 0 Å². The molecule has 1 unspecified atom stereocenters. The fraction of sp³-hybridized carbons (Fsp3) is 0.500. The molecule has 0 fully saturated rings. The van der Waals surface area contributed by atoms with Crippen LogP contribution in [0.3, 0.4) is 0 Å². The molecule has 2 rings (SSSR count). The Kier molecular flexibility index (Phi) is 4.63. The molecule has 0 saturated heterocycles. The minimum absolute atomic E-state index is 0.249. The number of hydrogen-bond acceptors (Lipinski definition) is 4. The normalized spacial score (nSPS) is 17.8. The molecule has 1 N–H and O–H groups in total. The van der Waals surface area contributed by atoms with Gasteiger partial charge in [0.05, 0.1) is 13.2 Å². The SMILES string of the molecule is CC(C)(C)OC(=O)NCC1OCCc2c(C=O)cccc21. The van der Waals surface area contributed by atoms with Crippen molar-refractivity contribution in [2.75, 3.05) is 13.2 Å². The van der Waals surface area contributed by atoms with E-state index in [0.717, 1.165) is 17.4 Å². The predicted octanol–water partition coefficient (Wildman–Crippen LogP) is 2.64. The first-order chi connectivity index (χ1) is 9.90. The van der Waals surface area contributed by atoms with Gasteiger partial charge in [-0.3, -0.25) is 4.79 Å². The first-order valence-corrected chi connectivity index (χ1v) is 7.06. The number of alkyl carbamates (subject to hydrolysis) is 1. The maximum Gasteiger partial charge on any atom is 0.407 e. The number of hydrogen-bond donors (Lipinski definition) is 1. The van der Waals surface area contributed by atoms with Crippen molar-refractivity contribution >= 4 is 12.4 Å². The molecular weight excluding hydrogens is 270 g/mol. The number of carbonyl (C=O) groups excluding carboxylic acids is 2. The van der Waals surface area contributed by atoms with Gasteiger partial charge < -0.3 is 14.8 Å². The zero-order valence-electron chi connectivity index (χ0n) is 12.6. The van der Waals surface area contributed by atoms with Crippen LogP contribution in [0.2, 0.25) is 0 Å². The standard InChI is InChI=1S/C16H21NO4/c1-16(2,3)21-15(19)17-9-14-13-6-4-5-11(10-18)12(13)7-8-20-14/h4-6,10,14H,7-9H2,1-3H3,(H,17,19). The maximum atomic E-state index is 11.7. The monoisotopic (exact) mass is 291 g/mol. The summed E-state index contributed by atoms with van der Waals surface area (Å²) in [4.78, 5) is 22.8. The van der Waals surface area contributed by atoms with Crippen LogP contribution in [0.5, 0.6) is 0 Å². The van der Waals surface area contributed by atoms with Crippen LogP contribution in [0, 0.1) is 0 Å². The lowest BCUT2D eigenvalue weighted by atomic mass is 9.93. The van der Waals surface area contributed by atoms with E-state index in [2.05, 4.69) is 5.32 Å². The Bertz CT molecular complexity index is 534. The fourth-order valence-electron chi connectivity index (χ4n) is 2.38. The average molecular weight is 291 g/mol. The van der Waals surface area contributed by atoms with Gasteiger partial charge in [-0.15, -0.1) is 0 Å². The van der Waals surface area contributed by atoms with E-state index in [-0.39, 0.29) is 6.10 Å². The number of nitrogens with one attached hydrogen (secondary N) is 1. The molecule has 0 aromatic heterocycles. The molecule has 0 bridgehead atoms. The molecule has 1 aromatic rings. The van der Waals surface area contributed by atoms with Crippen LogP contribution in [0.4, 0.5) is 4.79 Å². The van der Waals surface area contributed by atoms with Crippen LogP contribution in [0.15, 0.2) is 18.2 Å². The number of ether oxygens (including phenoxy) is 2. The minimum Gasteiger partial charge on any atom is -0.444 e. The quantitative estimate of drug-likeness (QED) is 0.869. The molecule has 5 heteroatoms.